The Hall–Kier alpha value is -1.15. The molecule has 14 heteroatoms. The second-order valence-electron chi connectivity index (χ2n) is 13.1. The van der Waals surface area contributed by atoms with Gasteiger partial charge in [-0.2, -0.15) is 0 Å². The van der Waals surface area contributed by atoms with Crippen LogP contribution in [0, 0.1) is 0 Å². The van der Waals surface area contributed by atoms with Crippen LogP contribution in [0.2, 0.25) is 0 Å². The van der Waals surface area contributed by atoms with Gasteiger partial charge in [0.2, 0.25) is 0 Å². The molecule has 0 spiro atoms. The predicted molar refractivity (Wildman–Crippen MR) is 180 cm³/mol. The SMILES string of the molecule is CCCCCCCCCCCCCCCCC(=O)OC(COC(=O)CCCCCCC)COP(=O)(O)OC1C(O)C(O)C(O)C(O)C1O. The molecule has 1 saturated carbocycles. The van der Waals surface area contributed by atoms with Gasteiger partial charge in [-0.15, -0.1) is 0 Å². The highest BCUT2D eigenvalue weighted by Gasteiger charge is 2.51. The first-order valence-electron chi connectivity index (χ1n) is 18.3. The Morgan fingerprint density at radius 1 is 0.562 bits per heavy atom. The number of phosphoric ester groups is 1. The van der Waals surface area contributed by atoms with Crippen LogP contribution in [0.25, 0.3) is 0 Å². The first-order valence-corrected chi connectivity index (χ1v) is 19.8. The number of hydrogen-bond donors (Lipinski definition) is 6. The van der Waals surface area contributed by atoms with Gasteiger partial charge in [-0.25, -0.2) is 4.57 Å². The first-order chi connectivity index (χ1) is 22.9. The fourth-order valence-electron chi connectivity index (χ4n) is 5.64. The summed E-state index contributed by atoms with van der Waals surface area (Å²) in [5, 5.41) is 49.7. The highest BCUT2D eigenvalue weighted by molar-refractivity contribution is 7.47. The van der Waals surface area contributed by atoms with E-state index in [0.717, 1.165) is 44.9 Å². The molecule has 1 rings (SSSR count). The van der Waals surface area contributed by atoms with E-state index in [0.29, 0.717) is 12.8 Å². The van der Waals surface area contributed by atoms with E-state index in [9.17, 15) is 44.6 Å². The maximum absolute atomic E-state index is 12.7. The van der Waals surface area contributed by atoms with Gasteiger partial charge in [0, 0.05) is 12.8 Å². The van der Waals surface area contributed by atoms with Gasteiger partial charge in [0.05, 0.1) is 6.61 Å². The third-order valence-electron chi connectivity index (χ3n) is 8.70. The van der Waals surface area contributed by atoms with E-state index in [1.54, 1.807) is 0 Å². The fourth-order valence-corrected chi connectivity index (χ4v) is 6.61. The van der Waals surface area contributed by atoms with Crippen molar-refractivity contribution in [2.24, 2.45) is 0 Å². The van der Waals surface area contributed by atoms with E-state index < -0.39 is 75.7 Å². The molecule has 0 bridgehead atoms. The molecular weight excluding hydrogens is 647 g/mol. The number of carbonyl (C=O) groups excluding carboxylic acids is 2. The Morgan fingerprint density at radius 2 is 0.938 bits per heavy atom. The molecule has 0 radical (unpaired) electrons. The molecule has 0 aromatic rings. The molecular formula is C34H65O13P. The zero-order valence-corrected chi connectivity index (χ0v) is 30.2. The van der Waals surface area contributed by atoms with Crippen molar-refractivity contribution in [2.75, 3.05) is 13.2 Å². The van der Waals surface area contributed by atoms with E-state index in [4.69, 9.17) is 18.5 Å². The molecule has 48 heavy (non-hydrogen) atoms. The number of ether oxygens (including phenoxy) is 2. The maximum atomic E-state index is 12.7. The molecule has 0 aliphatic heterocycles. The smallest absolute Gasteiger partial charge is 0.462 e. The van der Waals surface area contributed by atoms with Crippen LogP contribution in [0.3, 0.4) is 0 Å². The van der Waals surface area contributed by atoms with Crippen LogP contribution < -0.4 is 0 Å². The number of aliphatic hydroxyl groups excluding tert-OH is 5. The number of phosphoric acid groups is 1. The van der Waals surface area contributed by atoms with Crippen LogP contribution in [-0.4, -0.2) is 98.3 Å². The number of rotatable bonds is 29. The van der Waals surface area contributed by atoms with Gasteiger partial charge in [0.15, 0.2) is 6.10 Å². The van der Waals surface area contributed by atoms with Gasteiger partial charge in [-0.3, -0.25) is 18.6 Å². The van der Waals surface area contributed by atoms with Gasteiger partial charge in [0.25, 0.3) is 0 Å². The number of esters is 2. The third-order valence-corrected chi connectivity index (χ3v) is 9.68. The zero-order valence-electron chi connectivity index (χ0n) is 29.3. The molecule has 0 amide bonds. The van der Waals surface area contributed by atoms with Crippen molar-refractivity contribution >= 4 is 19.8 Å². The van der Waals surface area contributed by atoms with E-state index in [2.05, 4.69) is 13.8 Å². The molecule has 0 saturated heterocycles. The Labute approximate surface area is 287 Å². The molecule has 0 aromatic heterocycles. The molecule has 1 aliphatic carbocycles. The van der Waals surface area contributed by atoms with Crippen LogP contribution in [0.1, 0.15) is 149 Å². The lowest BCUT2D eigenvalue weighted by Crippen LogP contribution is -2.64. The number of hydrogen-bond acceptors (Lipinski definition) is 12. The minimum Gasteiger partial charge on any atom is -0.462 e. The first kappa shape index (κ1) is 44.9. The summed E-state index contributed by atoms with van der Waals surface area (Å²) < 4.78 is 33.1. The van der Waals surface area contributed by atoms with Gasteiger partial charge < -0.3 is 39.9 Å². The average molecular weight is 713 g/mol. The van der Waals surface area contributed by atoms with Crippen molar-refractivity contribution in [2.45, 2.75) is 191 Å². The normalized spacial score (nSPS) is 24.6. The van der Waals surface area contributed by atoms with Crippen molar-refractivity contribution in [3.05, 3.63) is 0 Å². The Morgan fingerprint density at radius 3 is 1.38 bits per heavy atom. The maximum Gasteiger partial charge on any atom is 0.472 e. The topological polar surface area (TPSA) is 210 Å². The fraction of sp³-hybridized carbons (Fsp3) is 0.941. The van der Waals surface area contributed by atoms with Gasteiger partial charge >= 0.3 is 19.8 Å². The zero-order chi connectivity index (χ0) is 35.8. The molecule has 284 valence electrons. The summed E-state index contributed by atoms with van der Waals surface area (Å²) in [5.41, 5.74) is 0. The summed E-state index contributed by atoms with van der Waals surface area (Å²) in [6.45, 7) is 3.15. The summed E-state index contributed by atoms with van der Waals surface area (Å²) in [7, 11) is -5.09. The Balaban J connectivity index is 2.50. The standard InChI is InChI=1S/C34H65O13P/c1-3-5-7-9-10-11-12-13-14-15-16-17-19-21-23-28(36)46-26(24-44-27(35)22-20-18-8-6-4-2)25-45-48(42,43)47-34-32(40)30(38)29(37)31(39)33(34)41/h26,29-34,37-41H,3-25H2,1-2H3,(H,42,43). The second kappa shape index (κ2) is 26.6. The van der Waals surface area contributed by atoms with E-state index in [1.165, 1.54) is 64.2 Å². The lowest BCUT2D eigenvalue weighted by Gasteiger charge is -2.41. The molecule has 1 fully saturated rings. The van der Waals surface area contributed by atoms with Crippen molar-refractivity contribution in [1.82, 2.24) is 0 Å². The lowest BCUT2D eigenvalue weighted by molar-refractivity contribution is -0.220. The van der Waals surface area contributed by atoms with Crippen LogP contribution in [-0.2, 0) is 32.7 Å². The molecule has 0 heterocycles. The Bertz CT molecular complexity index is 875. The van der Waals surface area contributed by atoms with E-state index in [1.807, 2.05) is 0 Å². The highest BCUT2D eigenvalue weighted by atomic mass is 31.2. The van der Waals surface area contributed by atoms with Gasteiger partial charge in [0.1, 0.15) is 43.2 Å². The number of unbranched alkanes of at least 4 members (excludes halogenated alkanes) is 17. The molecule has 0 aromatic carbocycles. The summed E-state index contributed by atoms with van der Waals surface area (Å²) in [5.74, 6) is -1.11. The summed E-state index contributed by atoms with van der Waals surface area (Å²) in [4.78, 5) is 35.1. The van der Waals surface area contributed by atoms with Crippen molar-refractivity contribution in [3.63, 3.8) is 0 Å². The largest absolute Gasteiger partial charge is 0.472 e. The van der Waals surface area contributed by atoms with Gasteiger partial charge in [-0.05, 0) is 12.8 Å². The van der Waals surface area contributed by atoms with Crippen molar-refractivity contribution in [3.8, 4) is 0 Å². The van der Waals surface area contributed by atoms with Crippen LogP contribution in [0.15, 0.2) is 0 Å². The average Bonchev–Trinajstić information content (AvgIpc) is 3.06. The van der Waals surface area contributed by atoms with E-state index >= 15 is 0 Å². The molecule has 6 atom stereocenters. The highest BCUT2D eigenvalue weighted by Crippen LogP contribution is 2.47. The predicted octanol–water partition coefficient (Wildman–Crippen LogP) is 4.99. The van der Waals surface area contributed by atoms with Crippen molar-refractivity contribution in [1.29, 1.82) is 0 Å². The minimum absolute atomic E-state index is 0.103. The Kier molecular flexibility index (Phi) is 24.9. The number of carbonyl (C=O) groups is 2. The van der Waals surface area contributed by atoms with E-state index in [-0.39, 0.29) is 12.8 Å². The molecule has 6 N–H and O–H groups in total. The number of aliphatic hydroxyl groups is 5. The summed E-state index contributed by atoms with van der Waals surface area (Å²) >= 11 is 0. The second-order valence-corrected chi connectivity index (χ2v) is 14.5. The third kappa shape index (κ3) is 19.9. The molecule has 1 aliphatic rings. The van der Waals surface area contributed by atoms with Crippen molar-refractivity contribution < 1.29 is 63.1 Å². The molecule has 13 nitrogen and oxygen atoms in total. The summed E-state index contributed by atoms with van der Waals surface area (Å²) in [6.07, 6.45) is 8.14. The van der Waals surface area contributed by atoms with Crippen LogP contribution >= 0.6 is 7.82 Å². The monoisotopic (exact) mass is 712 g/mol. The lowest BCUT2D eigenvalue weighted by atomic mass is 9.85. The minimum atomic E-state index is -5.09. The quantitative estimate of drug-likeness (QED) is 0.0343. The van der Waals surface area contributed by atoms with Gasteiger partial charge in [-0.1, -0.05) is 123 Å². The van der Waals surface area contributed by atoms with Crippen LogP contribution in [0.5, 0.6) is 0 Å². The molecule has 6 unspecified atom stereocenters. The summed E-state index contributed by atoms with van der Waals surface area (Å²) in [6, 6.07) is 0. The van der Waals surface area contributed by atoms with Crippen LogP contribution in [0.4, 0.5) is 0 Å².